The van der Waals surface area contributed by atoms with Crippen molar-refractivity contribution in [3.63, 3.8) is 0 Å². The highest BCUT2D eigenvalue weighted by Gasteiger charge is 2.33. The van der Waals surface area contributed by atoms with E-state index in [0.29, 0.717) is 63.2 Å². The van der Waals surface area contributed by atoms with Gasteiger partial charge in [0.1, 0.15) is 0 Å². The number of terminal acetylenes is 1. The molecule has 2 amide bonds. The molecule has 11 heteroatoms. The Bertz CT molecular complexity index is 982. The molecule has 0 spiro atoms. The van der Waals surface area contributed by atoms with Gasteiger partial charge in [-0.15, -0.1) is 6.42 Å². The number of ether oxygens (including phenoxy) is 2. The van der Waals surface area contributed by atoms with Gasteiger partial charge >= 0.3 is 6.18 Å². The molecule has 8 nitrogen and oxygen atoms in total. The molecule has 0 radical (unpaired) electrons. The molecule has 3 rings (SSSR count). The van der Waals surface area contributed by atoms with Crippen molar-refractivity contribution >= 4 is 11.8 Å². The maximum Gasteiger partial charge on any atom is 0.417 e. The molecule has 0 aromatic carbocycles. The fourth-order valence-electron chi connectivity index (χ4n) is 4.79. The summed E-state index contributed by atoms with van der Waals surface area (Å²) >= 11 is 0. The van der Waals surface area contributed by atoms with E-state index >= 15 is 0 Å². The molecule has 1 fully saturated rings. The summed E-state index contributed by atoms with van der Waals surface area (Å²) in [5.74, 6) is 1.62. The summed E-state index contributed by atoms with van der Waals surface area (Å²) in [6, 6.07) is 1.14. The molecular formula is C26H35F3N4O4. The number of carbonyl (C=O) groups excluding carboxylic acids is 2. The molecule has 1 saturated heterocycles. The Kier molecular flexibility index (Phi) is 10.3. The minimum Gasteiger partial charge on any atom is -0.379 e. The quantitative estimate of drug-likeness (QED) is 0.474. The van der Waals surface area contributed by atoms with Gasteiger partial charge in [0.25, 0.3) is 5.91 Å². The van der Waals surface area contributed by atoms with Crippen LogP contribution < -0.4 is 5.32 Å². The largest absolute Gasteiger partial charge is 0.417 e. The number of carbonyl (C=O) groups is 2. The number of fused-ring (bicyclic) bond motifs is 1. The molecular weight excluding hydrogens is 489 g/mol. The molecule has 204 valence electrons. The third-order valence-corrected chi connectivity index (χ3v) is 7.00. The van der Waals surface area contributed by atoms with E-state index < -0.39 is 11.7 Å². The number of nitrogens with zero attached hydrogens (tertiary/aromatic N) is 3. The summed E-state index contributed by atoms with van der Waals surface area (Å²) in [5.41, 5.74) is 0.241. The van der Waals surface area contributed by atoms with Crippen molar-refractivity contribution in [2.75, 3.05) is 40.5 Å². The Hall–Kier alpha value is -2.68. The second-order valence-corrected chi connectivity index (χ2v) is 9.55. The zero-order valence-electron chi connectivity index (χ0n) is 21.4. The minimum absolute atomic E-state index is 0.0189. The van der Waals surface area contributed by atoms with Crippen molar-refractivity contribution in [2.24, 2.45) is 0 Å². The van der Waals surface area contributed by atoms with Gasteiger partial charge in [-0.1, -0.05) is 0 Å². The number of hydrogen-bond donors (Lipinski definition) is 1. The molecule has 1 aromatic rings. The van der Waals surface area contributed by atoms with Gasteiger partial charge in [-0.05, 0) is 43.2 Å². The Balaban J connectivity index is 1.60. The number of methoxy groups -OCH3 is 1. The van der Waals surface area contributed by atoms with E-state index in [2.05, 4.69) is 16.2 Å². The number of pyridine rings is 1. The van der Waals surface area contributed by atoms with Gasteiger partial charge < -0.3 is 24.6 Å². The monoisotopic (exact) mass is 524 g/mol. The molecule has 1 aromatic heterocycles. The van der Waals surface area contributed by atoms with Gasteiger partial charge in [-0.25, -0.2) is 0 Å². The lowest BCUT2D eigenvalue weighted by molar-refractivity contribution is -0.138. The van der Waals surface area contributed by atoms with Crippen LogP contribution in [0.2, 0.25) is 0 Å². The van der Waals surface area contributed by atoms with Crippen molar-refractivity contribution in [2.45, 2.75) is 69.4 Å². The van der Waals surface area contributed by atoms with Gasteiger partial charge in [0, 0.05) is 77.2 Å². The van der Waals surface area contributed by atoms with Gasteiger partial charge in [-0.2, -0.15) is 13.2 Å². The number of rotatable bonds is 10. The first-order chi connectivity index (χ1) is 17.6. The van der Waals surface area contributed by atoms with Crippen LogP contribution in [0.4, 0.5) is 13.2 Å². The standard InChI is InChI=1S/C26H35F3N4O4/c1-4-24(34)32(2)11-5-6-20(31-22-10-13-37-17-23(22)36-3)7-8-25(35)33-12-9-21-18(16-33)14-19(15-30-21)26(27,28)29/h1,14-15,20,22-23,31H,5-13,16-17H2,2-3H3. The maximum atomic E-state index is 13.1. The van der Waals surface area contributed by atoms with E-state index in [9.17, 15) is 22.8 Å². The summed E-state index contributed by atoms with van der Waals surface area (Å²) < 4.78 is 50.4. The fraction of sp³-hybridized carbons (Fsp3) is 0.654. The average molecular weight is 525 g/mol. The molecule has 2 aliphatic heterocycles. The molecule has 37 heavy (non-hydrogen) atoms. The number of aromatic nitrogens is 1. The first-order valence-corrected chi connectivity index (χ1v) is 12.5. The summed E-state index contributed by atoms with van der Waals surface area (Å²) in [7, 11) is 3.29. The normalized spacial score (nSPS) is 20.6. The van der Waals surface area contributed by atoms with E-state index in [1.165, 1.54) is 4.90 Å². The molecule has 3 heterocycles. The van der Waals surface area contributed by atoms with Crippen LogP contribution in [0, 0.1) is 12.3 Å². The molecule has 2 aliphatic rings. The van der Waals surface area contributed by atoms with E-state index in [1.807, 2.05) is 0 Å². The third-order valence-electron chi connectivity index (χ3n) is 7.00. The highest BCUT2D eigenvalue weighted by atomic mass is 19.4. The smallest absolute Gasteiger partial charge is 0.379 e. The lowest BCUT2D eigenvalue weighted by atomic mass is 9.99. The van der Waals surface area contributed by atoms with E-state index in [0.717, 1.165) is 18.7 Å². The summed E-state index contributed by atoms with van der Waals surface area (Å²) in [6.07, 6.45) is 4.86. The predicted molar refractivity (Wildman–Crippen MR) is 130 cm³/mol. The van der Waals surface area contributed by atoms with Crippen molar-refractivity contribution in [1.29, 1.82) is 0 Å². The van der Waals surface area contributed by atoms with Crippen LogP contribution in [-0.2, 0) is 38.2 Å². The Morgan fingerprint density at radius 2 is 2.19 bits per heavy atom. The highest BCUT2D eigenvalue weighted by Crippen LogP contribution is 2.31. The van der Waals surface area contributed by atoms with Gasteiger partial charge in [0.15, 0.2) is 0 Å². The van der Waals surface area contributed by atoms with E-state index in [4.69, 9.17) is 15.9 Å². The summed E-state index contributed by atoms with van der Waals surface area (Å²) in [6.45, 7) is 2.14. The number of amides is 2. The Labute approximate surface area is 215 Å². The number of halogens is 3. The summed E-state index contributed by atoms with van der Waals surface area (Å²) in [5, 5.41) is 3.62. The molecule has 3 unspecified atom stereocenters. The maximum absolute atomic E-state index is 13.1. The van der Waals surface area contributed by atoms with Crippen LogP contribution in [0.5, 0.6) is 0 Å². The van der Waals surface area contributed by atoms with Crippen molar-refractivity contribution in [3.8, 4) is 12.3 Å². The van der Waals surface area contributed by atoms with Gasteiger partial charge in [0.05, 0.1) is 18.3 Å². The first kappa shape index (κ1) is 28.9. The molecule has 3 atom stereocenters. The fourth-order valence-corrected chi connectivity index (χ4v) is 4.79. The number of hydrogen-bond acceptors (Lipinski definition) is 6. The van der Waals surface area contributed by atoms with E-state index in [1.54, 1.807) is 19.1 Å². The van der Waals surface area contributed by atoms with Crippen LogP contribution >= 0.6 is 0 Å². The van der Waals surface area contributed by atoms with Crippen molar-refractivity contribution in [3.05, 3.63) is 29.1 Å². The van der Waals surface area contributed by atoms with Gasteiger partial charge in [0.2, 0.25) is 5.91 Å². The SMILES string of the molecule is C#CC(=O)N(C)CCCC(CCC(=O)N1CCc2ncc(C(F)(F)F)cc2C1)NC1CCOCC1OC. The average Bonchev–Trinajstić information content (AvgIpc) is 2.89. The lowest BCUT2D eigenvalue weighted by Crippen LogP contribution is -2.51. The zero-order valence-corrected chi connectivity index (χ0v) is 21.4. The second kappa shape index (κ2) is 13.2. The Morgan fingerprint density at radius 1 is 1.41 bits per heavy atom. The molecule has 1 N–H and O–H groups in total. The van der Waals surface area contributed by atoms with Gasteiger partial charge in [-0.3, -0.25) is 14.6 Å². The molecule has 0 aliphatic carbocycles. The molecule has 0 saturated carbocycles. The predicted octanol–water partition coefficient (Wildman–Crippen LogP) is 2.40. The van der Waals surface area contributed by atoms with Crippen LogP contribution in [0.15, 0.2) is 12.3 Å². The zero-order chi connectivity index (χ0) is 27.0. The minimum atomic E-state index is -4.48. The molecule has 0 bridgehead atoms. The summed E-state index contributed by atoms with van der Waals surface area (Å²) in [4.78, 5) is 31.8. The van der Waals surface area contributed by atoms with Crippen LogP contribution in [0.25, 0.3) is 0 Å². The van der Waals surface area contributed by atoms with Crippen LogP contribution in [0.3, 0.4) is 0 Å². The lowest BCUT2D eigenvalue weighted by Gasteiger charge is -2.35. The van der Waals surface area contributed by atoms with E-state index in [-0.39, 0.29) is 43.0 Å². The van der Waals surface area contributed by atoms with Crippen LogP contribution in [-0.4, -0.2) is 85.2 Å². The highest BCUT2D eigenvalue weighted by molar-refractivity contribution is 5.92. The van der Waals surface area contributed by atoms with Crippen molar-refractivity contribution < 1.29 is 32.2 Å². The first-order valence-electron chi connectivity index (χ1n) is 12.5. The number of alkyl halides is 3. The Morgan fingerprint density at radius 3 is 2.89 bits per heavy atom. The van der Waals surface area contributed by atoms with Crippen molar-refractivity contribution in [1.82, 2.24) is 20.1 Å². The number of nitrogens with one attached hydrogen (secondary N) is 1. The topological polar surface area (TPSA) is 84.0 Å². The third kappa shape index (κ3) is 8.15. The van der Waals surface area contributed by atoms with Crippen LogP contribution in [0.1, 0.15) is 48.9 Å². The second-order valence-electron chi connectivity index (χ2n) is 9.55.